The second-order valence-electron chi connectivity index (χ2n) is 10.0. The lowest BCUT2D eigenvalue weighted by Crippen LogP contribution is -2.43. The van der Waals surface area contributed by atoms with Crippen molar-refractivity contribution < 1.29 is 28.3 Å². The predicted molar refractivity (Wildman–Crippen MR) is 141 cm³/mol. The molecule has 2 aliphatic heterocycles. The molecule has 3 amide bonds. The molecule has 0 aromatic heterocycles. The van der Waals surface area contributed by atoms with Crippen LogP contribution in [0, 0.1) is 11.6 Å². The average Bonchev–Trinajstić information content (AvgIpc) is 3.44. The SMILES string of the molecule is O=C(Nc1ccc(C2CCN(C(=O)c3ccc(O)cc3F)CC2)cc1)[C@@H]1CCCN1C(=O)c1ccc(F)cc1. The van der Waals surface area contributed by atoms with Crippen LogP contribution in [0.4, 0.5) is 14.5 Å². The molecule has 202 valence electrons. The Morgan fingerprint density at radius 2 is 1.51 bits per heavy atom. The summed E-state index contributed by atoms with van der Waals surface area (Å²) < 4.78 is 27.3. The molecule has 2 saturated heterocycles. The molecule has 0 bridgehead atoms. The highest BCUT2D eigenvalue weighted by Crippen LogP contribution is 2.30. The molecule has 0 unspecified atom stereocenters. The smallest absolute Gasteiger partial charge is 0.256 e. The van der Waals surface area contributed by atoms with Gasteiger partial charge in [-0.1, -0.05) is 12.1 Å². The van der Waals surface area contributed by atoms with Crippen LogP contribution in [-0.4, -0.2) is 58.3 Å². The fourth-order valence-corrected chi connectivity index (χ4v) is 5.37. The Morgan fingerprint density at radius 1 is 0.821 bits per heavy atom. The van der Waals surface area contributed by atoms with Crippen molar-refractivity contribution in [2.45, 2.75) is 37.6 Å². The number of nitrogens with zero attached hydrogens (tertiary/aromatic N) is 2. The van der Waals surface area contributed by atoms with E-state index in [1.165, 1.54) is 41.3 Å². The fourth-order valence-electron chi connectivity index (χ4n) is 5.37. The number of rotatable bonds is 5. The number of hydrogen-bond donors (Lipinski definition) is 2. The van der Waals surface area contributed by atoms with E-state index in [0.717, 1.165) is 24.5 Å². The second kappa shape index (κ2) is 11.2. The zero-order chi connectivity index (χ0) is 27.5. The van der Waals surface area contributed by atoms with E-state index in [1.54, 1.807) is 4.90 Å². The standard InChI is InChI=1S/C30H29F2N3O4/c31-22-7-3-21(4-8-22)29(38)35-15-1-2-27(35)28(37)33-23-9-5-19(6-10-23)20-13-16-34(17-14-20)30(39)25-12-11-24(36)18-26(25)32/h3-12,18,20,27,36H,1-2,13-17H2,(H,33,37)/t27-/m0/s1. The van der Waals surface area contributed by atoms with Gasteiger partial charge in [-0.15, -0.1) is 0 Å². The number of phenols is 1. The first-order chi connectivity index (χ1) is 18.8. The lowest BCUT2D eigenvalue weighted by atomic mass is 9.89. The molecule has 5 rings (SSSR count). The van der Waals surface area contributed by atoms with Crippen LogP contribution in [0.3, 0.4) is 0 Å². The molecule has 3 aromatic rings. The maximum atomic E-state index is 14.1. The van der Waals surface area contributed by atoms with Gasteiger partial charge < -0.3 is 20.2 Å². The van der Waals surface area contributed by atoms with Gasteiger partial charge in [0.25, 0.3) is 11.8 Å². The van der Waals surface area contributed by atoms with Crippen molar-refractivity contribution in [3.05, 3.63) is 95.1 Å². The van der Waals surface area contributed by atoms with Gasteiger partial charge in [0.1, 0.15) is 23.4 Å². The van der Waals surface area contributed by atoms with Crippen molar-refractivity contribution in [1.82, 2.24) is 9.80 Å². The van der Waals surface area contributed by atoms with Crippen LogP contribution in [0.2, 0.25) is 0 Å². The average molecular weight is 534 g/mol. The van der Waals surface area contributed by atoms with Gasteiger partial charge in [-0.25, -0.2) is 8.78 Å². The first-order valence-corrected chi connectivity index (χ1v) is 13.1. The van der Waals surface area contributed by atoms with Gasteiger partial charge in [-0.05, 0) is 85.7 Å². The topological polar surface area (TPSA) is 89.9 Å². The number of halogens is 2. The molecule has 0 spiro atoms. The summed E-state index contributed by atoms with van der Waals surface area (Å²) in [5, 5.41) is 12.3. The maximum absolute atomic E-state index is 14.1. The lowest BCUT2D eigenvalue weighted by molar-refractivity contribution is -0.119. The van der Waals surface area contributed by atoms with Gasteiger partial charge in [-0.3, -0.25) is 14.4 Å². The number of nitrogens with one attached hydrogen (secondary N) is 1. The summed E-state index contributed by atoms with van der Waals surface area (Å²) in [4.78, 5) is 41.8. The third kappa shape index (κ3) is 5.77. The largest absolute Gasteiger partial charge is 0.508 e. The first kappa shape index (κ1) is 26.3. The summed E-state index contributed by atoms with van der Waals surface area (Å²) in [6.45, 7) is 1.44. The molecule has 2 heterocycles. The van der Waals surface area contributed by atoms with Crippen LogP contribution in [-0.2, 0) is 4.79 Å². The molecule has 0 aliphatic carbocycles. The quantitative estimate of drug-likeness (QED) is 0.487. The molecule has 0 radical (unpaired) electrons. The van der Waals surface area contributed by atoms with Crippen LogP contribution in [0.25, 0.3) is 0 Å². The molecular formula is C30H29F2N3O4. The molecule has 0 saturated carbocycles. The van der Waals surface area contributed by atoms with Crippen LogP contribution < -0.4 is 5.32 Å². The first-order valence-electron chi connectivity index (χ1n) is 13.1. The molecule has 2 fully saturated rings. The number of anilines is 1. The summed E-state index contributed by atoms with van der Waals surface area (Å²) >= 11 is 0. The molecule has 2 aliphatic rings. The van der Waals surface area contributed by atoms with Crippen molar-refractivity contribution in [3.63, 3.8) is 0 Å². The molecule has 3 aromatic carbocycles. The number of likely N-dealkylation sites (tertiary alicyclic amines) is 2. The van der Waals surface area contributed by atoms with Crippen molar-refractivity contribution in [2.75, 3.05) is 25.0 Å². The molecule has 9 heteroatoms. The minimum Gasteiger partial charge on any atom is -0.508 e. The third-order valence-corrected chi connectivity index (χ3v) is 7.52. The van der Waals surface area contributed by atoms with Gasteiger partial charge in [0, 0.05) is 37.0 Å². The van der Waals surface area contributed by atoms with E-state index in [1.807, 2.05) is 24.3 Å². The zero-order valence-electron chi connectivity index (χ0n) is 21.3. The Kier molecular flexibility index (Phi) is 7.58. The number of benzene rings is 3. The van der Waals surface area contributed by atoms with Crippen molar-refractivity contribution >= 4 is 23.4 Å². The lowest BCUT2D eigenvalue weighted by Gasteiger charge is -2.32. The minimum absolute atomic E-state index is 0.0495. The van der Waals surface area contributed by atoms with E-state index in [-0.39, 0.29) is 35.0 Å². The zero-order valence-corrected chi connectivity index (χ0v) is 21.3. The number of aromatic hydroxyl groups is 1. The monoisotopic (exact) mass is 533 g/mol. The molecule has 7 nitrogen and oxygen atoms in total. The maximum Gasteiger partial charge on any atom is 0.256 e. The van der Waals surface area contributed by atoms with Crippen molar-refractivity contribution in [2.24, 2.45) is 0 Å². The normalized spacial score (nSPS) is 17.7. The minimum atomic E-state index is -0.736. The molecule has 2 N–H and O–H groups in total. The summed E-state index contributed by atoms with van der Waals surface area (Å²) in [6, 6.07) is 15.8. The Labute approximate surface area is 225 Å². The Balaban J connectivity index is 1.16. The van der Waals surface area contributed by atoms with Crippen LogP contribution in [0.15, 0.2) is 66.7 Å². The van der Waals surface area contributed by atoms with Crippen LogP contribution in [0.1, 0.15) is 57.9 Å². The number of amides is 3. The second-order valence-corrected chi connectivity index (χ2v) is 10.0. The van der Waals surface area contributed by atoms with Gasteiger partial charge in [-0.2, -0.15) is 0 Å². The van der Waals surface area contributed by atoms with Gasteiger partial charge in [0.15, 0.2) is 0 Å². The number of carbonyl (C=O) groups is 3. The van der Waals surface area contributed by atoms with E-state index in [0.29, 0.717) is 43.7 Å². The number of phenolic OH excluding ortho intramolecular Hbond substituents is 1. The molecule has 1 atom stereocenters. The van der Waals surface area contributed by atoms with E-state index >= 15 is 0 Å². The van der Waals surface area contributed by atoms with Crippen LogP contribution >= 0.6 is 0 Å². The van der Waals surface area contributed by atoms with Gasteiger partial charge in [0.2, 0.25) is 5.91 Å². The molecule has 39 heavy (non-hydrogen) atoms. The Morgan fingerprint density at radius 3 is 2.18 bits per heavy atom. The van der Waals surface area contributed by atoms with Crippen molar-refractivity contribution in [1.29, 1.82) is 0 Å². The van der Waals surface area contributed by atoms with Gasteiger partial charge in [0.05, 0.1) is 5.56 Å². The Bertz CT molecular complexity index is 1370. The van der Waals surface area contributed by atoms with Crippen LogP contribution in [0.5, 0.6) is 5.75 Å². The van der Waals surface area contributed by atoms with Gasteiger partial charge >= 0.3 is 0 Å². The predicted octanol–water partition coefficient (Wildman–Crippen LogP) is 4.93. The third-order valence-electron chi connectivity index (χ3n) is 7.52. The van der Waals surface area contributed by atoms with E-state index < -0.39 is 17.7 Å². The highest BCUT2D eigenvalue weighted by molar-refractivity contribution is 6.01. The fraction of sp³-hybridized carbons (Fsp3) is 0.300. The van der Waals surface area contributed by atoms with E-state index in [9.17, 15) is 28.3 Å². The summed E-state index contributed by atoms with van der Waals surface area (Å²) in [5.41, 5.74) is 2.01. The highest BCUT2D eigenvalue weighted by atomic mass is 19.1. The summed E-state index contributed by atoms with van der Waals surface area (Å²) in [5.74, 6) is -2.09. The number of hydrogen-bond acceptors (Lipinski definition) is 4. The van der Waals surface area contributed by atoms with E-state index in [2.05, 4.69) is 5.32 Å². The number of carbonyl (C=O) groups excluding carboxylic acids is 3. The summed E-state index contributed by atoms with van der Waals surface area (Å²) in [7, 11) is 0. The molecular weight excluding hydrogens is 504 g/mol. The van der Waals surface area contributed by atoms with Crippen molar-refractivity contribution in [3.8, 4) is 5.75 Å². The number of piperidine rings is 1. The summed E-state index contributed by atoms with van der Waals surface area (Å²) in [6.07, 6.45) is 2.71. The van der Waals surface area contributed by atoms with E-state index in [4.69, 9.17) is 0 Å². The Hall–Kier alpha value is -4.27. The highest BCUT2D eigenvalue weighted by Gasteiger charge is 2.34.